The average molecular weight is 531 g/mol. The van der Waals surface area contributed by atoms with Crippen LogP contribution in [0.4, 0.5) is 0 Å². The Labute approximate surface area is 243 Å². The van der Waals surface area contributed by atoms with Gasteiger partial charge in [-0.25, -0.2) is 0 Å². The lowest BCUT2D eigenvalue weighted by atomic mass is 9.95. The van der Waals surface area contributed by atoms with Gasteiger partial charge >= 0.3 is 0 Å². The van der Waals surface area contributed by atoms with Crippen LogP contribution in [-0.4, -0.2) is 0 Å². The largest absolute Gasteiger partial charge is 0.0654 e. The van der Waals surface area contributed by atoms with Crippen LogP contribution in [0.1, 0.15) is 115 Å². The van der Waals surface area contributed by atoms with Crippen LogP contribution < -0.4 is 0 Å². The molecule has 0 nitrogen and oxygen atoms in total. The van der Waals surface area contributed by atoms with Gasteiger partial charge in [-0.2, -0.15) is 0 Å². The van der Waals surface area contributed by atoms with E-state index in [0.717, 1.165) is 0 Å². The molecule has 0 bridgehead atoms. The van der Waals surface area contributed by atoms with Crippen molar-refractivity contribution in [2.24, 2.45) is 0 Å². The van der Waals surface area contributed by atoms with Crippen molar-refractivity contribution in [2.45, 2.75) is 117 Å². The van der Waals surface area contributed by atoms with Crippen LogP contribution in [0.3, 0.4) is 0 Å². The van der Waals surface area contributed by atoms with Crippen molar-refractivity contribution in [1.29, 1.82) is 0 Å². The summed E-state index contributed by atoms with van der Waals surface area (Å²) in [5, 5.41) is 10.9. The Morgan fingerprint density at radius 2 is 0.600 bits per heavy atom. The molecule has 5 aromatic rings. The third-order valence-electron chi connectivity index (χ3n) is 8.97. The zero-order valence-corrected chi connectivity index (χ0v) is 25.2. The van der Waals surface area contributed by atoms with Crippen molar-refractivity contribution < 1.29 is 0 Å². The van der Waals surface area contributed by atoms with Gasteiger partial charge < -0.3 is 0 Å². The molecule has 0 saturated carbocycles. The van der Waals surface area contributed by atoms with Crippen LogP contribution in [0.5, 0.6) is 0 Å². The average Bonchev–Trinajstić information content (AvgIpc) is 2.97. The number of benzene rings is 5. The third kappa shape index (κ3) is 7.66. The molecule has 0 radical (unpaired) electrons. The van der Waals surface area contributed by atoms with Crippen molar-refractivity contribution in [1.82, 2.24) is 0 Å². The third-order valence-corrected chi connectivity index (χ3v) is 8.97. The van der Waals surface area contributed by atoms with Gasteiger partial charge in [0.05, 0.1) is 0 Å². The van der Waals surface area contributed by atoms with Crippen molar-refractivity contribution in [2.75, 3.05) is 0 Å². The van der Waals surface area contributed by atoms with E-state index in [9.17, 15) is 0 Å². The Morgan fingerprint density at radius 3 is 0.975 bits per heavy atom. The highest BCUT2D eigenvalue weighted by atomic mass is 14.1. The molecule has 0 spiro atoms. The number of aryl methyl sites for hydroxylation is 2. The van der Waals surface area contributed by atoms with Gasteiger partial charge in [0.2, 0.25) is 0 Å². The van der Waals surface area contributed by atoms with E-state index in [1.165, 1.54) is 157 Å². The first-order chi connectivity index (χ1) is 19.7. The second-order valence-electron chi connectivity index (χ2n) is 12.4. The first kappa shape index (κ1) is 28.7. The van der Waals surface area contributed by atoms with Gasteiger partial charge in [0.25, 0.3) is 0 Å². The van der Waals surface area contributed by atoms with E-state index in [1.54, 1.807) is 0 Å². The molecule has 0 aliphatic heterocycles. The molecule has 0 atom stereocenters. The van der Waals surface area contributed by atoms with Gasteiger partial charge in [-0.1, -0.05) is 127 Å². The Kier molecular flexibility index (Phi) is 10.5. The Bertz CT molecular complexity index is 1410. The minimum atomic E-state index is 1.20. The van der Waals surface area contributed by atoms with Crippen LogP contribution in [0.2, 0.25) is 0 Å². The first-order valence-electron chi connectivity index (χ1n) is 16.6. The topological polar surface area (TPSA) is 0 Å². The highest BCUT2D eigenvalue weighted by molar-refractivity contribution is 6.08. The standard InChI is InChI=1S/C40H50/c1-3-5-7-9-11-13-15-17-31-19-21-33-25-37-29-38-26-34-22-20-32(18-16-14-12-10-8-6-4-2)24-36(34)28-40(38)30-39(37)27-35(33)23-31/h19-30H,3-18H2,1-2H3. The summed E-state index contributed by atoms with van der Waals surface area (Å²) in [6.45, 7) is 4.59. The fraction of sp³-hybridized carbons (Fsp3) is 0.450. The lowest BCUT2D eigenvalue weighted by Crippen LogP contribution is -1.88. The van der Waals surface area contributed by atoms with E-state index in [1.807, 2.05) is 0 Å². The second kappa shape index (κ2) is 14.7. The van der Waals surface area contributed by atoms with Crippen LogP contribution in [-0.2, 0) is 12.8 Å². The van der Waals surface area contributed by atoms with E-state index in [2.05, 4.69) is 86.6 Å². The molecule has 0 amide bonds. The van der Waals surface area contributed by atoms with E-state index in [-0.39, 0.29) is 0 Å². The molecule has 5 aromatic carbocycles. The molecule has 0 aromatic heterocycles. The summed E-state index contributed by atoms with van der Waals surface area (Å²) in [5.41, 5.74) is 2.97. The Balaban J connectivity index is 1.28. The van der Waals surface area contributed by atoms with Gasteiger partial charge in [0.1, 0.15) is 0 Å². The Morgan fingerprint density at radius 1 is 0.300 bits per heavy atom. The van der Waals surface area contributed by atoms with Gasteiger partial charge in [0.15, 0.2) is 0 Å². The monoisotopic (exact) mass is 530 g/mol. The normalized spacial score (nSPS) is 11.8. The maximum atomic E-state index is 2.44. The first-order valence-corrected chi connectivity index (χ1v) is 16.6. The minimum absolute atomic E-state index is 1.20. The number of unbranched alkanes of at least 4 members (excludes halogenated alkanes) is 12. The molecular weight excluding hydrogens is 480 g/mol. The van der Waals surface area contributed by atoms with E-state index >= 15 is 0 Å². The molecule has 0 N–H and O–H groups in total. The summed E-state index contributed by atoms with van der Waals surface area (Å²) in [6, 6.07) is 28.7. The molecule has 210 valence electrons. The summed E-state index contributed by atoms with van der Waals surface area (Å²) in [7, 11) is 0. The number of rotatable bonds is 16. The zero-order valence-electron chi connectivity index (χ0n) is 25.2. The fourth-order valence-electron chi connectivity index (χ4n) is 6.48. The number of hydrogen-bond acceptors (Lipinski definition) is 0. The zero-order chi connectivity index (χ0) is 27.6. The SMILES string of the molecule is CCCCCCCCCc1ccc2cc3cc4cc5ccc(CCCCCCCCC)cc5cc4cc3cc2c1. The summed E-state index contributed by atoms with van der Waals surface area (Å²) < 4.78 is 0. The predicted molar refractivity (Wildman–Crippen MR) is 180 cm³/mol. The highest BCUT2D eigenvalue weighted by Gasteiger charge is 2.06. The molecule has 0 heteroatoms. The predicted octanol–water partition coefficient (Wildman–Crippen LogP) is 12.9. The van der Waals surface area contributed by atoms with Gasteiger partial charge in [0, 0.05) is 0 Å². The molecular formula is C40H50. The molecule has 0 saturated heterocycles. The molecule has 0 unspecified atom stereocenters. The van der Waals surface area contributed by atoms with Crippen LogP contribution in [0, 0.1) is 0 Å². The molecule has 0 heterocycles. The summed E-state index contributed by atoms with van der Waals surface area (Å²) in [5.74, 6) is 0. The summed E-state index contributed by atoms with van der Waals surface area (Å²) >= 11 is 0. The van der Waals surface area contributed by atoms with Crippen molar-refractivity contribution >= 4 is 43.1 Å². The van der Waals surface area contributed by atoms with E-state index in [0.29, 0.717) is 0 Å². The maximum Gasteiger partial charge on any atom is -0.0171 e. The van der Waals surface area contributed by atoms with Gasteiger partial charge in [-0.15, -0.1) is 0 Å². The molecule has 40 heavy (non-hydrogen) atoms. The van der Waals surface area contributed by atoms with Gasteiger partial charge in [-0.05, 0) is 116 Å². The number of hydrogen-bond donors (Lipinski definition) is 0. The molecule has 0 aliphatic carbocycles. The Hall–Kier alpha value is -2.86. The lowest BCUT2D eigenvalue weighted by molar-refractivity contribution is 0.589. The van der Waals surface area contributed by atoms with Gasteiger partial charge in [-0.3, -0.25) is 0 Å². The summed E-state index contributed by atoms with van der Waals surface area (Å²) in [4.78, 5) is 0. The molecule has 5 rings (SSSR count). The van der Waals surface area contributed by atoms with Crippen molar-refractivity contribution in [3.63, 3.8) is 0 Å². The molecule has 0 fully saturated rings. The second-order valence-corrected chi connectivity index (χ2v) is 12.4. The quantitative estimate of drug-likeness (QED) is 0.0879. The lowest BCUT2D eigenvalue weighted by Gasteiger charge is -2.10. The minimum Gasteiger partial charge on any atom is -0.0654 e. The fourth-order valence-corrected chi connectivity index (χ4v) is 6.48. The smallest absolute Gasteiger partial charge is 0.0171 e. The number of fused-ring (bicyclic) bond motifs is 4. The van der Waals surface area contributed by atoms with Crippen LogP contribution >= 0.6 is 0 Å². The summed E-state index contributed by atoms with van der Waals surface area (Å²) in [6.07, 6.45) is 21.6. The highest BCUT2D eigenvalue weighted by Crippen LogP contribution is 2.31. The maximum absolute atomic E-state index is 2.44. The molecule has 0 aliphatic rings. The van der Waals surface area contributed by atoms with Crippen molar-refractivity contribution in [3.8, 4) is 0 Å². The van der Waals surface area contributed by atoms with Crippen molar-refractivity contribution in [3.05, 3.63) is 83.9 Å². The van der Waals surface area contributed by atoms with Crippen LogP contribution in [0.15, 0.2) is 72.8 Å². The van der Waals surface area contributed by atoms with E-state index < -0.39 is 0 Å². The van der Waals surface area contributed by atoms with E-state index in [4.69, 9.17) is 0 Å². The van der Waals surface area contributed by atoms with Crippen LogP contribution in [0.25, 0.3) is 43.1 Å².